The monoisotopic (exact) mass is 340 g/mol. The summed E-state index contributed by atoms with van der Waals surface area (Å²) < 4.78 is 24.6. The summed E-state index contributed by atoms with van der Waals surface area (Å²) in [5.74, 6) is 1.89. The summed E-state index contributed by atoms with van der Waals surface area (Å²) >= 11 is 0. The van der Waals surface area contributed by atoms with E-state index in [0.717, 1.165) is 23.7 Å². The van der Waals surface area contributed by atoms with Crippen LogP contribution in [-0.4, -0.2) is 34.6 Å². The maximum Gasteiger partial charge on any atom is 0.225 e. The van der Waals surface area contributed by atoms with E-state index in [1.54, 1.807) is 24.5 Å². The number of hydrogen-bond acceptors (Lipinski definition) is 6. The average molecular weight is 340 g/mol. The summed E-state index contributed by atoms with van der Waals surface area (Å²) in [5, 5.41) is 0. The molecule has 128 valence electrons. The molecule has 4 rings (SSSR count). The Morgan fingerprint density at radius 1 is 1.16 bits per heavy atom. The lowest BCUT2D eigenvalue weighted by atomic mass is 10.1. The highest BCUT2D eigenvalue weighted by Crippen LogP contribution is 2.25. The third kappa shape index (κ3) is 3.66. The number of morpholine rings is 1. The first-order valence-electron chi connectivity index (χ1n) is 8.09. The number of nitrogens with zero attached hydrogens (tertiary/aromatic N) is 4. The topological polar surface area (TPSA) is 64.3 Å². The Morgan fingerprint density at radius 3 is 2.84 bits per heavy atom. The maximum absolute atomic E-state index is 13.0. The van der Waals surface area contributed by atoms with Gasteiger partial charge < -0.3 is 14.1 Å². The smallest absolute Gasteiger partial charge is 0.225 e. The van der Waals surface area contributed by atoms with Crippen LogP contribution in [0.15, 0.2) is 53.5 Å². The van der Waals surface area contributed by atoms with Crippen LogP contribution in [0.3, 0.4) is 0 Å². The quantitative estimate of drug-likeness (QED) is 0.728. The van der Waals surface area contributed by atoms with E-state index in [2.05, 4.69) is 19.9 Å². The van der Waals surface area contributed by atoms with Gasteiger partial charge in [0, 0.05) is 19.2 Å². The fraction of sp³-hybridized carbons (Fsp3) is 0.278. The van der Waals surface area contributed by atoms with Gasteiger partial charge in [-0.15, -0.1) is 0 Å². The lowest BCUT2D eigenvalue weighted by Crippen LogP contribution is -2.38. The van der Waals surface area contributed by atoms with Gasteiger partial charge in [-0.05, 0) is 23.8 Å². The third-order valence-electron chi connectivity index (χ3n) is 4.10. The van der Waals surface area contributed by atoms with E-state index in [4.69, 9.17) is 9.15 Å². The molecule has 3 heterocycles. The molecule has 0 radical (unpaired) electrons. The second-order valence-corrected chi connectivity index (χ2v) is 5.84. The number of anilines is 1. The van der Waals surface area contributed by atoms with Crippen molar-refractivity contribution < 1.29 is 13.5 Å². The second kappa shape index (κ2) is 6.98. The standard InChI is InChI=1S/C18H17FN4O2/c19-14-3-1-13(2-4-14)9-15-10-21-18(25-15)16-11-23(7-8-24-16)17-5-6-20-12-22-17/h1-6,10,12,16H,7-9,11H2/t16-/m1/s1. The zero-order valence-corrected chi connectivity index (χ0v) is 13.5. The molecule has 0 amide bonds. The second-order valence-electron chi connectivity index (χ2n) is 5.84. The lowest BCUT2D eigenvalue weighted by Gasteiger charge is -2.32. The van der Waals surface area contributed by atoms with Crippen molar-refractivity contribution in [3.05, 3.63) is 72.1 Å². The largest absolute Gasteiger partial charge is 0.442 e. The highest BCUT2D eigenvalue weighted by atomic mass is 19.1. The molecule has 0 bridgehead atoms. The summed E-state index contributed by atoms with van der Waals surface area (Å²) in [6.07, 6.45) is 5.27. The summed E-state index contributed by atoms with van der Waals surface area (Å²) in [7, 11) is 0. The fourth-order valence-corrected chi connectivity index (χ4v) is 2.83. The highest BCUT2D eigenvalue weighted by molar-refractivity contribution is 5.37. The molecule has 1 aliphatic heterocycles. The van der Waals surface area contributed by atoms with Gasteiger partial charge in [-0.25, -0.2) is 19.3 Å². The summed E-state index contributed by atoms with van der Waals surface area (Å²) in [4.78, 5) is 14.7. The molecule has 0 spiro atoms. The Morgan fingerprint density at radius 2 is 2.04 bits per heavy atom. The van der Waals surface area contributed by atoms with Crippen molar-refractivity contribution in [1.82, 2.24) is 15.0 Å². The van der Waals surface area contributed by atoms with Gasteiger partial charge in [-0.3, -0.25) is 0 Å². The van der Waals surface area contributed by atoms with Gasteiger partial charge in [0.15, 0.2) is 6.10 Å². The van der Waals surface area contributed by atoms with E-state index in [0.29, 0.717) is 25.5 Å². The molecule has 0 unspecified atom stereocenters. The molecule has 3 aromatic rings. The van der Waals surface area contributed by atoms with Crippen LogP contribution in [0.2, 0.25) is 0 Å². The van der Waals surface area contributed by atoms with E-state index in [1.165, 1.54) is 18.5 Å². The first kappa shape index (κ1) is 15.7. The van der Waals surface area contributed by atoms with Crippen LogP contribution in [0.25, 0.3) is 0 Å². The number of hydrogen-bond donors (Lipinski definition) is 0. The Labute approximate surface area is 144 Å². The van der Waals surface area contributed by atoms with Gasteiger partial charge >= 0.3 is 0 Å². The van der Waals surface area contributed by atoms with Gasteiger partial charge in [0.05, 0.1) is 19.3 Å². The molecule has 0 saturated carbocycles. The van der Waals surface area contributed by atoms with Crippen molar-refractivity contribution in [2.24, 2.45) is 0 Å². The molecule has 1 aliphatic rings. The average Bonchev–Trinajstić information content (AvgIpc) is 3.13. The molecular formula is C18H17FN4O2. The normalized spacial score (nSPS) is 17.6. The van der Waals surface area contributed by atoms with Crippen molar-refractivity contribution in [3.8, 4) is 0 Å². The molecule has 2 aromatic heterocycles. The number of benzene rings is 1. The minimum atomic E-state index is -0.248. The van der Waals surface area contributed by atoms with Crippen LogP contribution in [-0.2, 0) is 11.2 Å². The predicted molar refractivity (Wildman–Crippen MR) is 88.6 cm³/mol. The first-order chi connectivity index (χ1) is 12.3. The van der Waals surface area contributed by atoms with Crippen LogP contribution in [0.1, 0.15) is 23.3 Å². The van der Waals surface area contributed by atoms with E-state index in [9.17, 15) is 4.39 Å². The van der Waals surface area contributed by atoms with Crippen LogP contribution >= 0.6 is 0 Å². The fourth-order valence-electron chi connectivity index (χ4n) is 2.83. The molecule has 1 aromatic carbocycles. The first-order valence-corrected chi connectivity index (χ1v) is 8.09. The lowest BCUT2D eigenvalue weighted by molar-refractivity contribution is 0.0214. The zero-order chi connectivity index (χ0) is 17.1. The van der Waals surface area contributed by atoms with Crippen LogP contribution in [0.4, 0.5) is 10.2 Å². The van der Waals surface area contributed by atoms with Crippen molar-refractivity contribution in [2.45, 2.75) is 12.5 Å². The molecular weight excluding hydrogens is 323 g/mol. The maximum atomic E-state index is 13.0. The number of rotatable bonds is 4. The molecule has 25 heavy (non-hydrogen) atoms. The minimum Gasteiger partial charge on any atom is -0.442 e. The van der Waals surface area contributed by atoms with E-state index in [-0.39, 0.29) is 11.9 Å². The van der Waals surface area contributed by atoms with E-state index >= 15 is 0 Å². The number of oxazole rings is 1. The Balaban J connectivity index is 1.45. The summed E-state index contributed by atoms with van der Waals surface area (Å²) in [6, 6.07) is 8.24. The van der Waals surface area contributed by atoms with Gasteiger partial charge in [0.2, 0.25) is 5.89 Å². The van der Waals surface area contributed by atoms with Gasteiger partial charge in [-0.1, -0.05) is 12.1 Å². The van der Waals surface area contributed by atoms with Gasteiger partial charge in [0.1, 0.15) is 23.7 Å². The van der Waals surface area contributed by atoms with Crippen LogP contribution in [0.5, 0.6) is 0 Å². The minimum absolute atomic E-state index is 0.245. The van der Waals surface area contributed by atoms with Gasteiger partial charge in [-0.2, -0.15) is 0 Å². The summed E-state index contributed by atoms with van der Waals surface area (Å²) in [6.45, 7) is 1.95. The number of ether oxygens (including phenoxy) is 1. The zero-order valence-electron chi connectivity index (χ0n) is 13.5. The number of halogens is 1. The third-order valence-corrected chi connectivity index (χ3v) is 4.10. The van der Waals surface area contributed by atoms with Crippen molar-refractivity contribution in [3.63, 3.8) is 0 Å². The van der Waals surface area contributed by atoms with Crippen molar-refractivity contribution in [1.29, 1.82) is 0 Å². The Kier molecular flexibility index (Phi) is 4.39. The Hall–Kier alpha value is -2.80. The molecule has 0 aliphatic carbocycles. The van der Waals surface area contributed by atoms with Crippen LogP contribution in [0, 0.1) is 5.82 Å². The SMILES string of the molecule is Fc1ccc(Cc2cnc([C@H]3CN(c4ccncn4)CCO3)o2)cc1. The van der Waals surface area contributed by atoms with E-state index < -0.39 is 0 Å². The Bertz CT molecular complexity index is 823. The molecule has 1 atom stereocenters. The number of aromatic nitrogens is 3. The molecule has 1 saturated heterocycles. The molecule has 6 nitrogen and oxygen atoms in total. The van der Waals surface area contributed by atoms with Crippen molar-refractivity contribution >= 4 is 5.82 Å². The highest BCUT2D eigenvalue weighted by Gasteiger charge is 2.26. The molecule has 1 fully saturated rings. The van der Waals surface area contributed by atoms with Crippen LogP contribution < -0.4 is 4.90 Å². The molecule has 7 heteroatoms. The predicted octanol–water partition coefficient (Wildman–Crippen LogP) is 2.77. The van der Waals surface area contributed by atoms with Crippen molar-refractivity contribution in [2.75, 3.05) is 24.6 Å². The van der Waals surface area contributed by atoms with E-state index in [1.807, 2.05) is 6.07 Å². The summed E-state index contributed by atoms with van der Waals surface area (Å²) in [5.41, 5.74) is 0.969. The van der Waals surface area contributed by atoms with Gasteiger partial charge in [0.25, 0.3) is 0 Å². The molecule has 0 N–H and O–H groups in total.